The molecule has 0 heterocycles. The molecule has 0 bridgehead atoms. The van der Waals surface area contributed by atoms with Crippen molar-refractivity contribution in [3.05, 3.63) is 24.3 Å². The number of benzene rings is 1. The zero-order valence-corrected chi connectivity index (χ0v) is 10.3. The second-order valence-electron chi connectivity index (χ2n) is 4.02. The predicted molar refractivity (Wildman–Crippen MR) is 67.2 cm³/mol. The largest absolute Gasteiger partial charge is 0.497 e. The lowest BCUT2D eigenvalue weighted by Crippen LogP contribution is -2.28. The van der Waals surface area contributed by atoms with Crippen molar-refractivity contribution in [1.29, 1.82) is 0 Å². The summed E-state index contributed by atoms with van der Waals surface area (Å²) >= 11 is 0. The first-order valence-corrected chi connectivity index (χ1v) is 5.70. The first kappa shape index (κ1) is 12.8. The first-order chi connectivity index (χ1) is 7.67. The van der Waals surface area contributed by atoms with Crippen LogP contribution in [-0.2, 0) is 0 Å². The quantitative estimate of drug-likeness (QED) is 0.803. The highest BCUT2D eigenvalue weighted by molar-refractivity contribution is 5.50. The van der Waals surface area contributed by atoms with E-state index >= 15 is 0 Å². The summed E-state index contributed by atoms with van der Waals surface area (Å²) < 4.78 is 5.17. The fraction of sp³-hybridized carbons (Fsp3) is 0.538. The SMILES string of the molecule is CCCC(O)CN(C)c1cccc(OC)c1. The van der Waals surface area contributed by atoms with Gasteiger partial charge in [0.25, 0.3) is 0 Å². The van der Waals surface area contributed by atoms with E-state index in [0.29, 0.717) is 6.54 Å². The van der Waals surface area contributed by atoms with Gasteiger partial charge in [-0.15, -0.1) is 0 Å². The lowest BCUT2D eigenvalue weighted by atomic mass is 10.2. The Bertz CT molecular complexity index is 315. The normalized spacial score (nSPS) is 12.2. The third-order valence-electron chi connectivity index (χ3n) is 2.60. The van der Waals surface area contributed by atoms with Gasteiger partial charge in [-0.2, -0.15) is 0 Å². The molecule has 3 heteroatoms. The molecule has 0 saturated carbocycles. The number of aliphatic hydroxyl groups excluding tert-OH is 1. The van der Waals surface area contributed by atoms with Crippen LogP contribution in [0.25, 0.3) is 0 Å². The van der Waals surface area contributed by atoms with E-state index in [-0.39, 0.29) is 6.10 Å². The highest BCUT2D eigenvalue weighted by atomic mass is 16.5. The van der Waals surface area contributed by atoms with Gasteiger partial charge in [-0.3, -0.25) is 0 Å². The molecule has 0 fully saturated rings. The summed E-state index contributed by atoms with van der Waals surface area (Å²) in [7, 11) is 3.64. The standard InChI is InChI=1S/C13H21NO2/c1-4-6-12(15)10-14(2)11-7-5-8-13(9-11)16-3/h5,7-9,12,15H,4,6,10H2,1-3H3. The van der Waals surface area contributed by atoms with E-state index in [9.17, 15) is 5.11 Å². The minimum absolute atomic E-state index is 0.263. The molecule has 0 aliphatic heterocycles. The zero-order chi connectivity index (χ0) is 12.0. The molecule has 90 valence electrons. The summed E-state index contributed by atoms with van der Waals surface area (Å²) in [6.45, 7) is 2.73. The number of methoxy groups -OCH3 is 1. The van der Waals surface area contributed by atoms with Crippen LogP contribution >= 0.6 is 0 Å². The molecule has 0 saturated heterocycles. The van der Waals surface area contributed by atoms with Crippen molar-refractivity contribution in [3.8, 4) is 5.75 Å². The Hall–Kier alpha value is -1.22. The zero-order valence-electron chi connectivity index (χ0n) is 10.3. The van der Waals surface area contributed by atoms with Crippen LogP contribution in [-0.4, -0.2) is 31.9 Å². The number of hydrogen-bond acceptors (Lipinski definition) is 3. The summed E-state index contributed by atoms with van der Waals surface area (Å²) in [5.41, 5.74) is 1.06. The second-order valence-corrected chi connectivity index (χ2v) is 4.02. The van der Waals surface area contributed by atoms with Crippen LogP contribution in [0.4, 0.5) is 5.69 Å². The molecule has 3 nitrogen and oxygen atoms in total. The molecule has 0 spiro atoms. The van der Waals surface area contributed by atoms with Gasteiger partial charge in [0.1, 0.15) is 5.75 Å². The third-order valence-corrected chi connectivity index (χ3v) is 2.60. The number of aliphatic hydroxyl groups is 1. The Morgan fingerprint density at radius 1 is 1.44 bits per heavy atom. The van der Waals surface area contributed by atoms with Crippen molar-refractivity contribution in [3.63, 3.8) is 0 Å². The summed E-state index contributed by atoms with van der Waals surface area (Å²) in [6.07, 6.45) is 1.59. The Morgan fingerprint density at radius 3 is 2.81 bits per heavy atom. The lowest BCUT2D eigenvalue weighted by molar-refractivity contribution is 0.170. The Kier molecular flexibility index (Phi) is 5.12. The van der Waals surface area contributed by atoms with E-state index in [0.717, 1.165) is 24.3 Å². The van der Waals surface area contributed by atoms with Gasteiger partial charge in [-0.25, -0.2) is 0 Å². The maximum absolute atomic E-state index is 9.73. The third kappa shape index (κ3) is 3.74. The number of anilines is 1. The van der Waals surface area contributed by atoms with Crippen LogP contribution in [0, 0.1) is 0 Å². The van der Waals surface area contributed by atoms with Gasteiger partial charge < -0.3 is 14.7 Å². The summed E-state index contributed by atoms with van der Waals surface area (Å²) in [5, 5.41) is 9.73. The average molecular weight is 223 g/mol. The van der Waals surface area contributed by atoms with E-state index in [4.69, 9.17) is 4.74 Å². The van der Waals surface area contributed by atoms with Crippen molar-refractivity contribution in [2.45, 2.75) is 25.9 Å². The monoisotopic (exact) mass is 223 g/mol. The van der Waals surface area contributed by atoms with Gasteiger partial charge in [0.15, 0.2) is 0 Å². The molecule has 0 aliphatic rings. The maximum atomic E-state index is 9.73. The number of hydrogen-bond donors (Lipinski definition) is 1. The van der Waals surface area contributed by atoms with Gasteiger partial charge >= 0.3 is 0 Å². The summed E-state index contributed by atoms with van der Waals surface area (Å²) in [5.74, 6) is 0.842. The van der Waals surface area contributed by atoms with Crippen molar-refractivity contribution in [2.24, 2.45) is 0 Å². The molecule has 0 aromatic heterocycles. The van der Waals surface area contributed by atoms with E-state index in [2.05, 4.69) is 6.92 Å². The minimum atomic E-state index is -0.263. The highest BCUT2D eigenvalue weighted by Gasteiger charge is 2.08. The molecule has 1 rings (SSSR count). The van der Waals surface area contributed by atoms with Crippen LogP contribution in [0.1, 0.15) is 19.8 Å². The second kappa shape index (κ2) is 6.38. The molecule has 0 radical (unpaired) electrons. The lowest BCUT2D eigenvalue weighted by Gasteiger charge is -2.22. The molecule has 1 N–H and O–H groups in total. The molecule has 1 atom stereocenters. The maximum Gasteiger partial charge on any atom is 0.120 e. The van der Waals surface area contributed by atoms with Gasteiger partial charge in [-0.05, 0) is 18.6 Å². The van der Waals surface area contributed by atoms with Gasteiger partial charge in [0.2, 0.25) is 0 Å². The number of ether oxygens (including phenoxy) is 1. The van der Waals surface area contributed by atoms with Crippen molar-refractivity contribution >= 4 is 5.69 Å². The molecule has 1 unspecified atom stereocenters. The van der Waals surface area contributed by atoms with Crippen molar-refractivity contribution < 1.29 is 9.84 Å². The van der Waals surface area contributed by atoms with E-state index in [1.54, 1.807) is 7.11 Å². The smallest absolute Gasteiger partial charge is 0.120 e. The number of rotatable bonds is 6. The summed E-state index contributed by atoms with van der Waals surface area (Å²) in [6, 6.07) is 7.86. The van der Waals surface area contributed by atoms with Gasteiger partial charge in [0.05, 0.1) is 13.2 Å². The first-order valence-electron chi connectivity index (χ1n) is 5.70. The fourth-order valence-electron chi connectivity index (χ4n) is 1.69. The highest BCUT2D eigenvalue weighted by Crippen LogP contribution is 2.20. The van der Waals surface area contributed by atoms with E-state index in [1.165, 1.54) is 0 Å². The van der Waals surface area contributed by atoms with Crippen LogP contribution in [0.3, 0.4) is 0 Å². The Balaban J connectivity index is 2.61. The Labute approximate surface area is 97.7 Å². The van der Waals surface area contributed by atoms with Gasteiger partial charge in [-0.1, -0.05) is 19.4 Å². The van der Waals surface area contributed by atoms with Crippen LogP contribution in [0.2, 0.25) is 0 Å². The molecule has 0 aliphatic carbocycles. The van der Waals surface area contributed by atoms with E-state index in [1.807, 2.05) is 36.2 Å². The Morgan fingerprint density at radius 2 is 2.19 bits per heavy atom. The molecular weight excluding hydrogens is 202 g/mol. The van der Waals surface area contributed by atoms with Crippen molar-refractivity contribution in [2.75, 3.05) is 25.6 Å². The van der Waals surface area contributed by atoms with Crippen LogP contribution in [0.15, 0.2) is 24.3 Å². The van der Waals surface area contributed by atoms with Gasteiger partial charge in [0, 0.05) is 25.3 Å². The summed E-state index contributed by atoms with van der Waals surface area (Å²) in [4.78, 5) is 2.04. The van der Waals surface area contributed by atoms with E-state index < -0.39 is 0 Å². The van der Waals surface area contributed by atoms with Crippen LogP contribution in [0.5, 0.6) is 5.75 Å². The average Bonchev–Trinajstić information content (AvgIpc) is 2.29. The topological polar surface area (TPSA) is 32.7 Å². The van der Waals surface area contributed by atoms with Crippen LogP contribution < -0.4 is 9.64 Å². The molecule has 0 amide bonds. The minimum Gasteiger partial charge on any atom is -0.497 e. The number of nitrogens with zero attached hydrogens (tertiary/aromatic N) is 1. The van der Waals surface area contributed by atoms with Crippen molar-refractivity contribution in [1.82, 2.24) is 0 Å². The predicted octanol–water partition coefficient (Wildman–Crippen LogP) is 2.29. The molecule has 16 heavy (non-hydrogen) atoms. The fourth-order valence-corrected chi connectivity index (χ4v) is 1.69. The number of likely N-dealkylation sites (N-methyl/N-ethyl adjacent to an activating group) is 1. The molecular formula is C13H21NO2. The molecule has 1 aromatic carbocycles. The molecule has 1 aromatic rings.